The van der Waals surface area contributed by atoms with Gasteiger partial charge < -0.3 is 19.9 Å². The summed E-state index contributed by atoms with van der Waals surface area (Å²) in [7, 11) is 2.97. The zero-order valence-electron chi connectivity index (χ0n) is 10.4. The Morgan fingerprint density at radius 1 is 1.24 bits per heavy atom. The maximum absolute atomic E-state index is 11.8. The molecule has 0 spiro atoms. The number of nitrogen functional groups attached to an aromatic ring is 1. The quantitative estimate of drug-likeness (QED) is 0.641. The SMILES string of the molecule is COc1cc(N)c(C(=O)OC(C)C)c(OC)c1. The Morgan fingerprint density at radius 3 is 2.35 bits per heavy atom. The number of ether oxygens (including phenoxy) is 3. The molecule has 94 valence electrons. The lowest BCUT2D eigenvalue weighted by molar-refractivity contribution is 0.0375. The summed E-state index contributed by atoms with van der Waals surface area (Å²) < 4.78 is 15.2. The van der Waals surface area contributed by atoms with Crippen LogP contribution in [-0.2, 0) is 4.74 Å². The zero-order chi connectivity index (χ0) is 13.0. The summed E-state index contributed by atoms with van der Waals surface area (Å²) in [6.07, 6.45) is -0.214. The molecule has 0 aliphatic heterocycles. The maximum Gasteiger partial charge on any atom is 0.344 e. The highest BCUT2D eigenvalue weighted by Gasteiger charge is 2.20. The van der Waals surface area contributed by atoms with Gasteiger partial charge in [0.15, 0.2) is 0 Å². The lowest BCUT2D eigenvalue weighted by atomic mass is 10.1. The number of esters is 1. The van der Waals surface area contributed by atoms with Crippen LogP contribution in [-0.4, -0.2) is 26.3 Å². The van der Waals surface area contributed by atoms with Gasteiger partial charge in [0.1, 0.15) is 17.1 Å². The molecule has 17 heavy (non-hydrogen) atoms. The molecule has 1 rings (SSSR count). The number of anilines is 1. The van der Waals surface area contributed by atoms with Gasteiger partial charge in [0.05, 0.1) is 26.0 Å². The summed E-state index contributed by atoms with van der Waals surface area (Å²) in [6, 6.07) is 3.15. The third-order valence-corrected chi connectivity index (χ3v) is 2.11. The molecule has 0 radical (unpaired) electrons. The molecule has 2 N–H and O–H groups in total. The highest BCUT2D eigenvalue weighted by Crippen LogP contribution is 2.31. The number of carbonyl (C=O) groups excluding carboxylic acids is 1. The van der Waals surface area contributed by atoms with E-state index in [-0.39, 0.29) is 17.4 Å². The van der Waals surface area contributed by atoms with E-state index in [2.05, 4.69) is 0 Å². The Bertz CT molecular complexity index is 415. The molecule has 0 saturated heterocycles. The molecule has 5 heteroatoms. The number of carbonyl (C=O) groups is 1. The van der Waals surface area contributed by atoms with Crippen LogP contribution in [0.4, 0.5) is 5.69 Å². The van der Waals surface area contributed by atoms with Crippen LogP contribution in [0, 0.1) is 0 Å². The van der Waals surface area contributed by atoms with Crippen LogP contribution in [0.5, 0.6) is 11.5 Å². The molecule has 0 saturated carbocycles. The highest BCUT2D eigenvalue weighted by molar-refractivity contribution is 5.98. The van der Waals surface area contributed by atoms with E-state index in [0.29, 0.717) is 11.5 Å². The van der Waals surface area contributed by atoms with Gasteiger partial charge in [-0.15, -0.1) is 0 Å². The van der Waals surface area contributed by atoms with Crippen molar-refractivity contribution in [3.05, 3.63) is 17.7 Å². The number of methoxy groups -OCH3 is 2. The fourth-order valence-corrected chi connectivity index (χ4v) is 1.38. The van der Waals surface area contributed by atoms with Crippen LogP contribution >= 0.6 is 0 Å². The monoisotopic (exact) mass is 239 g/mol. The van der Waals surface area contributed by atoms with Crippen molar-refractivity contribution in [3.8, 4) is 11.5 Å². The number of rotatable bonds is 4. The van der Waals surface area contributed by atoms with Gasteiger partial charge >= 0.3 is 5.97 Å². The molecule has 0 heterocycles. The van der Waals surface area contributed by atoms with Gasteiger partial charge in [0.25, 0.3) is 0 Å². The fourth-order valence-electron chi connectivity index (χ4n) is 1.38. The smallest absolute Gasteiger partial charge is 0.344 e. The van der Waals surface area contributed by atoms with Gasteiger partial charge in [0, 0.05) is 12.1 Å². The normalized spacial score (nSPS) is 10.2. The topological polar surface area (TPSA) is 70.8 Å². The zero-order valence-corrected chi connectivity index (χ0v) is 10.4. The largest absolute Gasteiger partial charge is 0.497 e. The summed E-state index contributed by atoms with van der Waals surface area (Å²) in [6.45, 7) is 3.54. The van der Waals surface area contributed by atoms with Crippen molar-refractivity contribution in [2.24, 2.45) is 0 Å². The van der Waals surface area contributed by atoms with E-state index in [1.165, 1.54) is 14.2 Å². The predicted octanol–water partition coefficient (Wildman–Crippen LogP) is 1.85. The van der Waals surface area contributed by atoms with Crippen molar-refractivity contribution in [1.29, 1.82) is 0 Å². The Balaban J connectivity index is 3.18. The van der Waals surface area contributed by atoms with Gasteiger partial charge in [-0.1, -0.05) is 0 Å². The summed E-state index contributed by atoms with van der Waals surface area (Å²) in [5.74, 6) is 0.366. The molecule has 0 atom stereocenters. The Kier molecular flexibility index (Phi) is 4.20. The average Bonchev–Trinajstić information content (AvgIpc) is 2.26. The average molecular weight is 239 g/mol. The standard InChI is InChI=1S/C12H17NO4/c1-7(2)17-12(14)11-9(13)5-8(15-3)6-10(11)16-4/h5-7H,13H2,1-4H3. The van der Waals surface area contributed by atoms with Crippen LogP contribution < -0.4 is 15.2 Å². The summed E-state index contributed by atoms with van der Waals surface area (Å²) in [5.41, 5.74) is 6.28. The van der Waals surface area contributed by atoms with Crippen molar-refractivity contribution in [2.45, 2.75) is 20.0 Å². The van der Waals surface area contributed by atoms with E-state index in [9.17, 15) is 4.79 Å². The summed E-state index contributed by atoms with van der Waals surface area (Å²) in [5, 5.41) is 0. The molecule has 0 amide bonds. The van der Waals surface area contributed by atoms with Crippen molar-refractivity contribution in [2.75, 3.05) is 20.0 Å². The molecule has 0 aromatic heterocycles. The van der Waals surface area contributed by atoms with E-state index >= 15 is 0 Å². The number of benzene rings is 1. The van der Waals surface area contributed by atoms with Crippen LogP contribution in [0.3, 0.4) is 0 Å². The van der Waals surface area contributed by atoms with Gasteiger partial charge in [-0.3, -0.25) is 0 Å². The molecule has 5 nitrogen and oxygen atoms in total. The van der Waals surface area contributed by atoms with E-state index in [1.807, 2.05) is 0 Å². The van der Waals surface area contributed by atoms with E-state index in [0.717, 1.165) is 0 Å². The second kappa shape index (κ2) is 5.43. The first kappa shape index (κ1) is 13.2. The maximum atomic E-state index is 11.8. The fraction of sp³-hybridized carbons (Fsp3) is 0.417. The van der Waals surface area contributed by atoms with Crippen LogP contribution in [0.25, 0.3) is 0 Å². The summed E-state index contributed by atoms with van der Waals surface area (Å²) >= 11 is 0. The number of nitrogens with two attached hydrogens (primary N) is 1. The molecule has 1 aromatic rings. The minimum Gasteiger partial charge on any atom is -0.497 e. The second-order valence-corrected chi connectivity index (χ2v) is 3.75. The van der Waals surface area contributed by atoms with Crippen LogP contribution in [0.1, 0.15) is 24.2 Å². The minimum atomic E-state index is -0.503. The first-order valence-corrected chi connectivity index (χ1v) is 5.22. The molecular formula is C12H17NO4. The van der Waals surface area contributed by atoms with Gasteiger partial charge in [-0.25, -0.2) is 4.79 Å². The third-order valence-electron chi connectivity index (χ3n) is 2.11. The number of hydrogen-bond donors (Lipinski definition) is 1. The minimum absolute atomic E-state index is 0.214. The molecule has 0 bridgehead atoms. The lowest BCUT2D eigenvalue weighted by Crippen LogP contribution is -2.14. The van der Waals surface area contributed by atoms with Crippen molar-refractivity contribution in [3.63, 3.8) is 0 Å². The second-order valence-electron chi connectivity index (χ2n) is 3.75. The molecular weight excluding hydrogens is 222 g/mol. The van der Waals surface area contributed by atoms with Crippen LogP contribution in [0.15, 0.2) is 12.1 Å². The third kappa shape index (κ3) is 3.03. The highest BCUT2D eigenvalue weighted by atomic mass is 16.5. The lowest BCUT2D eigenvalue weighted by Gasteiger charge is -2.14. The Labute approximate surface area is 100 Å². The Morgan fingerprint density at radius 2 is 1.88 bits per heavy atom. The predicted molar refractivity (Wildman–Crippen MR) is 64.5 cm³/mol. The van der Waals surface area contributed by atoms with Gasteiger partial charge in [-0.05, 0) is 13.8 Å². The first-order valence-electron chi connectivity index (χ1n) is 5.22. The molecule has 0 aliphatic rings. The van der Waals surface area contributed by atoms with Gasteiger partial charge in [-0.2, -0.15) is 0 Å². The van der Waals surface area contributed by atoms with Gasteiger partial charge in [0.2, 0.25) is 0 Å². The molecule has 1 aromatic carbocycles. The molecule has 0 unspecified atom stereocenters. The van der Waals surface area contributed by atoms with E-state index in [4.69, 9.17) is 19.9 Å². The van der Waals surface area contributed by atoms with Crippen molar-refractivity contribution >= 4 is 11.7 Å². The number of hydrogen-bond acceptors (Lipinski definition) is 5. The van der Waals surface area contributed by atoms with E-state index < -0.39 is 5.97 Å². The summed E-state index contributed by atoms with van der Waals surface area (Å²) in [4.78, 5) is 11.8. The first-order chi connectivity index (χ1) is 7.99. The molecule has 0 fully saturated rings. The van der Waals surface area contributed by atoms with Crippen LogP contribution in [0.2, 0.25) is 0 Å². The molecule has 0 aliphatic carbocycles. The van der Waals surface area contributed by atoms with Crippen molar-refractivity contribution < 1.29 is 19.0 Å². The Hall–Kier alpha value is -1.91. The van der Waals surface area contributed by atoms with E-state index in [1.54, 1.807) is 26.0 Å². The van der Waals surface area contributed by atoms with Crippen molar-refractivity contribution in [1.82, 2.24) is 0 Å².